The molecule has 0 unspecified atom stereocenters. The van der Waals surface area contributed by atoms with Gasteiger partial charge in [0.15, 0.2) is 5.69 Å². The van der Waals surface area contributed by atoms with Gasteiger partial charge in [-0.2, -0.15) is 18.2 Å². The summed E-state index contributed by atoms with van der Waals surface area (Å²) in [7, 11) is 0. The molecule has 0 bridgehead atoms. The summed E-state index contributed by atoms with van der Waals surface area (Å²) >= 11 is 0. The van der Waals surface area contributed by atoms with E-state index in [1.807, 2.05) is 36.6 Å². The molecule has 0 amide bonds. The van der Waals surface area contributed by atoms with Crippen molar-refractivity contribution in [3.05, 3.63) is 47.2 Å². The first kappa shape index (κ1) is 15.0. The molecule has 0 atom stereocenters. The van der Waals surface area contributed by atoms with Gasteiger partial charge in [0.1, 0.15) is 5.82 Å². The average Bonchev–Trinajstić information content (AvgIpc) is 2.44. The third-order valence-corrected chi connectivity index (χ3v) is 2.70. The SMILES string of the molecule is Cc1cccc(CNc2cc(C(F)(F)F)nc(NN)n2)c1. The van der Waals surface area contributed by atoms with Crippen LogP contribution in [0.1, 0.15) is 16.8 Å². The van der Waals surface area contributed by atoms with Crippen LogP contribution in [0.4, 0.5) is 24.9 Å². The number of benzene rings is 1. The number of anilines is 2. The van der Waals surface area contributed by atoms with E-state index in [0.717, 1.165) is 17.2 Å². The second kappa shape index (κ2) is 5.96. The minimum atomic E-state index is -4.56. The molecule has 1 aromatic heterocycles. The van der Waals surface area contributed by atoms with E-state index in [2.05, 4.69) is 15.3 Å². The van der Waals surface area contributed by atoms with Gasteiger partial charge in [-0.15, -0.1) is 0 Å². The molecule has 112 valence electrons. The number of aromatic nitrogens is 2. The van der Waals surface area contributed by atoms with Gasteiger partial charge in [-0.1, -0.05) is 29.8 Å². The van der Waals surface area contributed by atoms with E-state index >= 15 is 0 Å². The number of halogens is 3. The number of hydrazine groups is 1. The number of aryl methyl sites for hydroxylation is 1. The van der Waals surface area contributed by atoms with Gasteiger partial charge in [-0.05, 0) is 12.5 Å². The number of alkyl halides is 3. The van der Waals surface area contributed by atoms with Gasteiger partial charge < -0.3 is 5.32 Å². The van der Waals surface area contributed by atoms with Crippen molar-refractivity contribution in [3.63, 3.8) is 0 Å². The van der Waals surface area contributed by atoms with Gasteiger partial charge in [0, 0.05) is 12.6 Å². The Morgan fingerprint density at radius 1 is 1.19 bits per heavy atom. The maximum absolute atomic E-state index is 12.7. The summed E-state index contributed by atoms with van der Waals surface area (Å²) in [5.74, 6) is 4.84. The van der Waals surface area contributed by atoms with Crippen molar-refractivity contribution < 1.29 is 13.2 Å². The largest absolute Gasteiger partial charge is 0.433 e. The molecule has 0 radical (unpaired) electrons. The lowest BCUT2D eigenvalue weighted by atomic mass is 10.1. The first-order valence-electron chi connectivity index (χ1n) is 6.11. The van der Waals surface area contributed by atoms with Crippen molar-refractivity contribution in [1.29, 1.82) is 0 Å². The van der Waals surface area contributed by atoms with E-state index in [9.17, 15) is 13.2 Å². The summed E-state index contributed by atoms with van der Waals surface area (Å²) in [6.45, 7) is 2.28. The first-order chi connectivity index (χ1) is 9.88. The van der Waals surface area contributed by atoms with Crippen LogP contribution in [0.15, 0.2) is 30.3 Å². The van der Waals surface area contributed by atoms with Crippen LogP contribution >= 0.6 is 0 Å². The highest BCUT2D eigenvalue weighted by Gasteiger charge is 2.33. The summed E-state index contributed by atoms with van der Waals surface area (Å²) in [6, 6.07) is 8.46. The van der Waals surface area contributed by atoms with Crippen LogP contribution in [-0.2, 0) is 12.7 Å². The van der Waals surface area contributed by atoms with E-state index in [1.165, 1.54) is 0 Å². The number of nitrogens with two attached hydrogens (primary N) is 1. The Morgan fingerprint density at radius 3 is 2.57 bits per heavy atom. The lowest BCUT2D eigenvalue weighted by molar-refractivity contribution is -0.141. The molecule has 21 heavy (non-hydrogen) atoms. The molecule has 0 fully saturated rings. The zero-order chi connectivity index (χ0) is 15.5. The third kappa shape index (κ3) is 4.06. The average molecular weight is 297 g/mol. The number of hydrogen-bond acceptors (Lipinski definition) is 5. The molecule has 0 saturated carbocycles. The van der Waals surface area contributed by atoms with Crippen molar-refractivity contribution in [2.24, 2.45) is 5.84 Å². The van der Waals surface area contributed by atoms with E-state index in [1.54, 1.807) is 0 Å². The smallest absolute Gasteiger partial charge is 0.366 e. The van der Waals surface area contributed by atoms with Crippen molar-refractivity contribution in [2.45, 2.75) is 19.6 Å². The van der Waals surface area contributed by atoms with E-state index < -0.39 is 11.9 Å². The van der Waals surface area contributed by atoms with Gasteiger partial charge in [0.2, 0.25) is 5.95 Å². The predicted molar refractivity (Wildman–Crippen MR) is 73.3 cm³/mol. The molecule has 8 heteroatoms. The molecular weight excluding hydrogens is 283 g/mol. The van der Waals surface area contributed by atoms with Gasteiger partial charge >= 0.3 is 6.18 Å². The monoisotopic (exact) mass is 297 g/mol. The normalized spacial score (nSPS) is 11.3. The highest BCUT2D eigenvalue weighted by molar-refractivity contribution is 5.43. The molecule has 0 aliphatic carbocycles. The number of nitrogen functional groups attached to an aromatic ring is 1. The molecule has 1 aromatic carbocycles. The minimum absolute atomic E-state index is 0.0479. The highest BCUT2D eigenvalue weighted by atomic mass is 19.4. The van der Waals surface area contributed by atoms with Gasteiger partial charge in [0.25, 0.3) is 0 Å². The fourth-order valence-electron chi connectivity index (χ4n) is 1.76. The Labute approximate surface area is 119 Å². The predicted octanol–water partition coefficient (Wildman–Crippen LogP) is 2.70. The Kier molecular flexibility index (Phi) is 4.27. The standard InChI is InChI=1S/C13H14F3N5/c1-8-3-2-4-9(5-8)7-18-11-6-10(13(14,15)16)19-12(20-11)21-17/h2-6H,7,17H2,1H3,(H2,18,19,20,21). The number of rotatable bonds is 4. The Morgan fingerprint density at radius 2 is 1.95 bits per heavy atom. The number of nitrogens with one attached hydrogen (secondary N) is 2. The fraction of sp³-hybridized carbons (Fsp3) is 0.231. The van der Waals surface area contributed by atoms with Crippen LogP contribution in [-0.4, -0.2) is 9.97 Å². The Balaban J connectivity index is 2.19. The molecule has 4 N–H and O–H groups in total. The quantitative estimate of drug-likeness (QED) is 0.597. The molecule has 2 aromatic rings. The van der Waals surface area contributed by atoms with E-state index in [4.69, 9.17) is 5.84 Å². The summed E-state index contributed by atoms with van der Waals surface area (Å²) in [6.07, 6.45) is -4.56. The van der Waals surface area contributed by atoms with Crippen LogP contribution < -0.4 is 16.6 Å². The van der Waals surface area contributed by atoms with Gasteiger partial charge in [-0.25, -0.2) is 10.8 Å². The summed E-state index contributed by atoms with van der Waals surface area (Å²) in [5.41, 5.74) is 2.97. The topological polar surface area (TPSA) is 75.9 Å². The van der Waals surface area contributed by atoms with Crippen molar-refractivity contribution in [1.82, 2.24) is 9.97 Å². The second-order valence-electron chi connectivity index (χ2n) is 4.45. The summed E-state index contributed by atoms with van der Waals surface area (Å²) in [4.78, 5) is 7.12. The molecule has 0 aliphatic rings. The fourth-order valence-corrected chi connectivity index (χ4v) is 1.76. The van der Waals surface area contributed by atoms with Crippen LogP contribution in [0.2, 0.25) is 0 Å². The second-order valence-corrected chi connectivity index (χ2v) is 4.45. The highest BCUT2D eigenvalue weighted by Crippen LogP contribution is 2.29. The van der Waals surface area contributed by atoms with Crippen LogP contribution in [0.25, 0.3) is 0 Å². The van der Waals surface area contributed by atoms with Gasteiger partial charge in [-0.3, -0.25) is 5.43 Å². The van der Waals surface area contributed by atoms with E-state index in [0.29, 0.717) is 6.54 Å². The van der Waals surface area contributed by atoms with Gasteiger partial charge in [0.05, 0.1) is 0 Å². The van der Waals surface area contributed by atoms with Crippen LogP contribution in [0.5, 0.6) is 0 Å². The number of nitrogens with zero attached hydrogens (tertiary/aromatic N) is 2. The molecule has 0 aliphatic heterocycles. The zero-order valence-electron chi connectivity index (χ0n) is 11.2. The van der Waals surface area contributed by atoms with Crippen LogP contribution in [0.3, 0.4) is 0 Å². The lowest BCUT2D eigenvalue weighted by Crippen LogP contribution is -2.16. The van der Waals surface area contributed by atoms with E-state index in [-0.39, 0.29) is 11.8 Å². The molecule has 1 heterocycles. The molecule has 5 nitrogen and oxygen atoms in total. The van der Waals surface area contributed by atoms with Crippen molar-refractivity contribution >= 4 is 11.8 Å². The molecule has 0 spiro atoms. The maximum atomic E-state index is 12.7. The van der Waals surface area contributed by atoms with Crippen molar-refractivity contribution in [2.75, 3.05) is 10.7 Å². The first-order valence-corrected chi connectivity index (χ1v) is 6.11. The lowest BCUT2D eigenvalue weighted by Gasteiger charge is -2.11. The minimum Gasteiger partial charge on any atom is -0.366 e. The number of hydrogen-bond donors (Lipinski definition) is 3. The summed E-state index contributed by atoms with van der Waals surface area (Å²) in [5, 5.41) is 2.83. The molecule has 0 saturated heterocycles. The molecular formula is C13H14F3N5. The molecule has 2 rings (SSSR count). The zero-order valence-corrected chi connectivity index (χ0v) is 11.2. The maximum Gasteiger partial charge on any atom is 0.433 e. The third-order valence-electron chi connectivity index (χ3n) is 2.70. The Bertz CT molecular complexity index is 627. The van der Waals surface area contributed by atoms with Crippen LogP contribution in [0, 0.1) is 6.92 Å². The summed E-state index contributed by atoms with van der Waals surface area (Å²) < 4.78 is 38.1. The Hall–Kier alpha value is -2.35. The van der Waals surface area contributed by atoms with Crippen molar-refractivity contribution in [3.8, 4) is 0 Å².